The van der Waals surface area contributed by atoms with E-state index >= 15 is 0 Å². The number of nitrogens with zero attached hydrogens (tertiary/aromatic N) is 1. The molecule has 0 aromatic carbocycles. The van der Waals surface area contributed by atoms with Gasteiger partial charge in [-0.05, 0) is 13.3 Å². The van der Waals surface area contributed by atoms with Gasteiger partial charge < -0.3 is 10.4 Å². The van der Waals surface area contributed by atoms with Gasteiger partial charge in [0.25, 0.3) is 0 Å². The number of aliphatic hydroxyl groups excluding tert-OH is 1. The summed E-state index contributed by atoms with van der Waals surface area (Å²) in [6.07, 6.45) is 0.807. The fourth-order valence-electron chi connectivity index (χ4n) is 0.641. The molecule has 1 unspecified atom stereocenters. The van der Waals surface area contributed by atoms with Crippen molar-refractivity contribution in [2.45, 2.75) is 19.8 Å². The van der Waals surface area contributed by atoms with Gasteiger partial charge in [0, 0.05) is 19.6 Å². The minimum atomic E-state index is -0.150. The Balaban J connectivity index is 3.39. The maximum absolute atomic E-state index is 10.9. The predicted molar refractivity (Wildman–Crippen MR) is 44.1 cm³/mol. The van der Waals surface area contributed by atoms with Gasteiger partial charge in [-0.3, -0.25) is 4.79 Å². The molecule has 0 aromatic heterocycles. The predicted octanol–water partition coefficient (Wildman–Crippen LogP) is 0.0348. The summed E-state index contributed by atoms with van der Waals surface area (Å²) in [6.45, 7) is 2.16. The normalized spacial score (nSPS) is 11.8. The lowest BCUT2D eigenvalue weighted by molar-refractivity contribution is -0.121. The van der Waals surface area contributed by atoms with Crippen molar-refractivity contribution in [2.75, 3.05) is 13.2 Å². The fourth-order valence-corrected chi connectivity index (χ4v) is 0.641. The van der Waals surface area contributed by atoms with Gasteiger partial charge in [-0.25, -0.2) is 0 Å². The van der Waals surface area contributed by atoms with Gasteiger partial charge in [0.05, 0.1) is 12.0 Å². The van der Waals surface area contributed by atoms with E-state index in [4.69, 9.17) is 10.4 Å². The molecule has 0 rings (SSSR count). The van der Waals surface area contributed by atoms with Crippen LogP contribution in [0.3, 0.4) is 0 Å². The molecule has 0 heterocycles. The molecule has 4 nitrogen and oxygen atoms in total. The average Bonchev–Trinajstić information content (AvgIpc) is 2.10. The van der Waals surface area contributed by atoms with E-state index < -0.39 is 0 Å². The summed E-state index contributed by atoms with van der Waals surface area (Å²) in [5, 5.41) is 19.4. The molecule has 68 valence electrons. The minimum Gasteiger partial charge on any atom is -0.396 e. The molecule has 0 bridgehead atoms. The van der Waals surface area contributed by atoms with Crippen LogP contribution in [0.5, 0.6) is 0 Å². The first-order chi connectivity index (χ1) is 5.70. The molecule has 1 amide bonds. The van der Waals surface area contributed by atoms with Crippen LogP contribution in [0.15, 0.2) is 0 Å². The molecule has 0 fully saturated rings. The van der Waals surface area contributed by atoms with E-state index in [1.165, 1.54) is 0 Å². The Morgan fingerprint density at radius 3 is 2.92 bits per heavy atom. The lowest BCUT2D eigenvalue weighted by atomic mass is 10.2. The molecule has 4 heteroatoms. The van der Waals surface area contributed by atoms with Gasteiger partial charge in [0.15, 0.2) is 0 Å². The molecule has 0 aromatic rings. The van der Waals surface area contributed by atoms with Crippen LogP contribution in [-0.4, -0.2) is 24.2 Å². The van der Waals surface area contributed by atoms with Crippen LogP contribution >= 0.6 is 0 Å². The zero-order chi connectivity index (χ0) is 9.40. The molecule has 1 atom stereocenters. The smallest absolute Gasteiger partial charge is 0.220 e. The van der Waals surface area contributed by atoms with Crippen molar-refractivity contribution in [3.8, 4) is 6.07 Å². The Morgan fingerprint density at radius 1 is 1.75 bits per heavy atom. The number of hydrogen-bond donors (Lipinski definition) is 2. The van der Waals surface area contributed by atoms with Gasteiger partial charge in [-0.1, -0.05) is 0 Å². The molecular weight excluding hydrogens is 156 g/mol. The van der Waals surface area contributed by atoms with Crippen LogP contribution in [0.2, 0.25) is 0 Å². The summed E-state index contributed by atoms with van der Waals surface area (Å²) in [5.41, 5.74) is 0. The maximum Gasteiger partial charge on any atom is 0.220 e. The number of nitriles is 1. The molecular formula is C8H14N2O2. The van der Waals surface area contributed by atoms with Gasteiger partial charge >= 0.3 is 0 Å². The van der Waals surface area contributed by atoms with Crippen molar-refractivity contribution in [3.05, 3.63) is 0 Å². The van der Waals surface area contributed by atoms with Crippen molar-refractivity contribution < 1.29 is 9.90 Å². The summed E-state index contributed by atoms with van der Waals surface area (Å²) >= 11 is 0. The van der Waals surface area contributed by atoms with Gasteiger partial charge in [0.2, 0.25) is 5.91 Å². The highest BCUT2D eigenvalue weighted by Crippen LogP contribution is 1.90. The Kier molecular flexibility index (Phi) is 6.02. The number of carbonyl (C=O) groups is 1. The summed E-state index contributed by atoms with van der Waals surface area (Å²) in [6, 6.07) is 2.01. The van der Waals surface area contributed by atoms with Gasteiger partial charge in [-0.15, -0.1) is 0 Å². The Bertz CT molecular complexity index is 174. The van der Waals surface area contributed by atoms with Crippen LogP contribution in [0.25, 0.3) is 0 Å². The summed E-state index contributed by atoms with van der Waals surface area (Å²) < 4.78 is 0. The third kappa shape index (κ3) is 5.69. The quantitative estimate of drug-likeness (QED) is 0.611. The monoisotopic (exact) mass is 170 g/mol. The highest BCUT2D eigenvalue weighted by atomic mass is 16.3. The highest BCUT2D eigenvalue weighted by Gasteiger charge is 2.02. The third-order valence-corrected chi connectivity index (χ3v) is 1.39. The van der Waals surface area contributed by atoms with Crippen molar-refractivity contribution in [1.29, 1.82) is 5.26 Å². The molecule has 0 aliphatic carbocycles. The largest absolute Gasteiger partial charge is 0.396 e. The molecule has 0 radical (unpaired) electrons. The van der Waals surface area contributed by atoms with Crippen LogP contribution in [-0.2, 0) is 4.79 Å². The number of aliphatic hydroxyl groups is 1. The molecule has 0 aliphatic rings. The lowest BCUT2D eigenvalue weighted by Crippen LogP contribution is -2.27. The molecule has 2 N–H and O–H groups in total. The molecule has 0 saturated heterocycles. The first-order valence-corrected chi connectivity index (χ1v) is 3.98. The Labute approximate surface area is 72.2 Å². The van der Waals surface area contributed by atoms with E-state index in [0.717, 1.165) is 0 Å². The number of rotatable bonds is 5. The van der Waals surface area contributed by atoms with Crippen molar-refractivity contribution in [3.63, 3.8) is 0 Å². The summed E-state index contributed by atoms with van der Waals surface area (Å²) in [4.78, 5) is 10.9. The summed E-state index contributed by atoms with van der Waals surface area (Å²) in [5.74, 6) is -0.255. The van der Waals surface area contributed by atoms with E-state index in [1.54, 1.807) is 6.92 Å². The molecule has 0 aliphatic heterocycles. The van der Waals surface area contributed by atoms with Crippen LogP contribution in [0, 0.1) is 17.2 Å². The standard InChI is InChI=1S/C8H14N2O2/c1-7(5-9)6-10-8(12)3-2-4-11/h7,11H,2-4,6H2,1H3,(H,10,12). The van der Waals surface area contributed by atoms with E-state index in [9.17, 15) is 4.79 Å². The Hall–Kier alpha value is -1.08. The Morgan fingerprint density at radius 2 is 2.42 bits per heavy atom. The van der Waals surface area contributed by atoms with Crippen LogP contribution in [0.1, 0.15) is 19.8 Å². The second-order valence-electron chi connectivity index (χ2n) is 2.66. The topological polar surface area (TPSA) is 73.1 Å². The van der Waals surface area contributed by atoms with Crippen LogP contribution < -0.4 is 5.32 Å². The van der Waals surface area contributed by atoms with Crippen molar-refractivity contribution in [1.82, 2.24) is 5.32 Å². The zero-order valence-electron chi connectivity index (χ0n) is 7.21. The number of amides is 1. The number of nitrogens with one attached hydrogen (secondary N) is 1. The first-order valence-electron chi connectivity index (χ1n) is 3.98. The second-order valence-corrected chi connectivity index (χ2v) is 2.66. The molecule has 0 spiro atoms. The van der Waals surface area contributed by atoms with E-state index in [2.05, 4.69) is 5.32 Å². The van der Waals surface area contributed by atoms with Crippen LogP contribution in [0.4, 0.5) is 0 Å². The molecule has 0 saturated carbocycles. The van der Waals surface area contributed by atoms with E-state index in [0.29, 0.717) is 19.4 Å². The van der Waals surface area contributed by atoms with E-state index in [-0.39, 0.29) is 18.4 Å². The van der Waals surface area contributed by atoms with Crippen molar-refractivity contribution in [2.24, 2.45) is 5.92 Å². The second kappa shape index (κ2) is 6.62. The van der Waals surface area contributed by atoms with Crippen molar-refractivity contribution >= 4 is 5.91 Å². The lowest BCUT2D eigenvalue weighted by Gasteiger charge is -2.04. The third-order valence-electron chi connectivity index (χ3n) is 1.39. The first kappa shape index (κ1) is 10.9. The maximum atomic E-state index is 10.9. The highest BCUT2D eigenvalue weighted by molar-refractivity contribution is 5.75. The number of hydrogen-bond acceptors (Lipinski definition) is 3. The van der Waals surface area contributed by atoms with E-state index in [1.807, 2.05) is 6.07 Å². The molecule has 12 heavy (non-hydrogen) atoms. The minimum absolute atomic E-state index is 0.0290. The fraction of sp³-hybridized carbons (Fsp3) is 0.750. The number of carbonyl (C=O) groups excluding carboxylic acids is 1. The SMILES string of the molecule is CC(C#N)CNC(=O)CCCO. The summed E-state index contributed by atoms with van der Waals surface area (Å²) in [7, 11) is 0. The van der Waals surface area contributed by atoms with Gasteiger partial charge in [0.1, 0.15) is 0 Å². The van der Waals surface area contributed by atoms with Gasteiger partial charge in [-0.2, -0.15) is 5.26 Å². The zero-order valence-corrected chi connectivity index (χ0v) is 7.21. The average molecular weight is 170 g/mol.